The normalized spacial score (nSPS) is 11.7. The van der Waals surface area contributed by atoms with E-state index in [2.05, 4.69) is 63.3 Å². The van der Waals surface area contributed by atoms with Gasteiger partial charge in [0, 0.05) is 17.7 Å². The van der Waals surface area contributed by atoms with Crippen LogP contribution < -0.4 is 10.1 Å². The lowest BCUT2D eigenvalue weighted by atomic mass is 9.93. The molecule has 3 aromatic rings. The lowest BCUT2D eigenvalue weighted by Crippen LogP contribution is -2.26. The molecule has 0 saturated carbocycles. The van der Waals surface area contributed by atoms with Gasteiger partial charge in [-0.05, 0) is 71.7 Å². The van der Waals surface area contributed by atoms with Crippen molar-refractivity contribution >= 4 is 11.9 Å². The molecule has 38 heavy (non-hydrogen) atoms. The molecule has 0 aromatic heterocycles. The zero-order valence-electron chi connectivity index (χ0n) is 22.7. The standard InChI is InChI=1S/C32H36N2O4/c1-20(2)16-29(24-8-12-26(13-9-24)32(37)34-15-14-30(35)36)38-28-17-22(5)31(27(18-28)19-33)25-10-6-23(7-11-25)21(3)4/h6-13,17-18,20-21,29H,14-16H2,1-5H3,(H,34,37)(H,35,36). The van der Waals surface area contributed by atoms with Crippen LogP contribution in [0.3, 0.4) is 0 Å². The number of hydrogen-bond acceptors (Lipinski definition) is 4. The Morgan fingerprint density at radius 2 is 1.61 bits per heavy atom. The zero-order valence-corrected chi connectivity index (χ0v) is 22.7. The van der Waals surface area contributed by atoms with Crippen LogP contribution in [0.1, 0.15) is 85.2 Å². The number of nitrogens with zero attached hydrogens (tertiary/aromatic N) is 1. The minimum atomic E-state index is -0.957. The van der Waals surface area contributed by atoms with Crippen molar-refractivity contribution in [2.75, 3.05) is 6.54 Å². The highest BCUT2D eigenvalue weighted by Crippen LogP contribution is 2.35. The van der Waals surface area contributed by atoms with E-state index < -0.39 is 5.97 Å². The highest BCUT2D eigenvalue weighted by atomic mass is 16.5. The molecule has 6 heteroatoms. The number of aliphatic carboxylic acids is 1. The fourth-order valence-electron chi connectivity index (χ4n) is 4.41. The molecule has 198 valence electrons. The van der Waals surface area contributed by atoms with Crippen LogP contribution in [0.2, 0.25) is 0 Å². The molecule has 3 aromatic carbocycles. The predicted octanol–water partition coefficient (Wildman–Crippen LogP) is 7.03. The molecule has 0 fully saturated rings. The van der Waals surface area contributed by atoms with Crippen molar-refractivity contribution in [2.45, 2.75) is 59.5 Å². The van der Waals surface area contributed by atoms with Crippen molar-refractivity contribution in [3.05, 3.63) is 88.5 Å². The third-order valence-electron chi connectivity index (χ3n) is 6.43. The van der Waals surface area contributed by atoms with Crippen molar-refractivity contribution in [3.63, 3.8) is 0 Å². The average molecular weight is 513 g/mol. The second-order valence-electron chi connectivity index (χ2n) is 10.3. The molecule has 0 aliphatic heterocycles. The Kier molecular flexibility index (Phi) is 9.67. The zero-order chi connectivity index (χ0) is 27.8. The number of aryl methyl sites for hydroxylation is 1. The van der Waals surface area contributed by atoms with Gasteiger partial charge in [0.2, 0.25) is 0 Å². The van der Waals surface area contributed by atoms with Crippen molar-refractivity contribution < 1.29 is 19.4 Å². The van der Waals surface area contributed by atoms with Crippen LogP contribution in [0.4, 0.5) is 0 Å². The highest BCUT2D eigenvalue weighted by molar-refractivity contribution is 5.94. The van der Waals surface area contributed by atoms with Gasteiger partial charge in [-0.3, -0.25) is 9.59 Å². The van der Waals surface area contributed by atoms with Crippen LogP contribution in [-0.4, -0.2) is 23.5 Å². The summed E-state index contributed by atoms with van der Waals surface area (Å²) in [6, 6.07) is 21.7. The molecule has 0 spiro atoms. The highest BCUT2D eigenvalue weighted by Gasteiger charge is 2.19. The molecule has 1 unspecified atom stereocenters. The van der Waals surface area contributed by atoms with Gasteiger partial charge in [-0.15, -0.1) is 0 Å². The Morgan fingerprint density at radius 3 is 2.16 bits per heavy atom. The number of carboxylic acid groups (broad SMARTS) is 1. The van der Waals surface area contributed by atoms with Gasteiger partial charge in [0.15, 0.2) is 0 Å². The van der Waals surface area contributed by atoms with Crippen LogP contribution >= 0.6 is 0 Å². The molecule has 1 atom stereocenters. The van der Waals surface area contributed by atoms with Crippen LogP contribution in [-0.2, 0) is 4.79 Å². The van der Waals surface area contributed by atoms with E-state index in [1.165, 1.54) is 5.56 Å². The number of benzene rings is 3. The molecule has 6 nitrogen and oxygen atoms in total. The van der Waals surface area contributed by atoms with E-state index in [1.807, 2.05) is 25.1 Å². The Hall–Kier alpha value is -4.11. The summed E-state index contributed by atoms with van der Waals surface area (Å²) in [6.45, 7) is 10.6. The molecular formula is C32H36N2O4. The lowest BCUT2D eigenvalue weighted by molar-refractivity contribution is -0.136. The number of nitrogens with one attached hydrogen (secondary N) is 1. The smallest absolute Gasteiger partial charge is 0.305 e. The van der Waals surface area contributed by atoms with Gasteiger partial charge in [0.25, 0.3) is 5.91 Å². The summed E-state index contributed by atoms with van der Waals surface area (Å²) in [6.07, 6.45) is 0.366. The summed E-state index contributed by atoms with van der Waals surface area (Å²) < 4.78 is 6.45. The third kappa shape index (κ3) is 7.45. The number of nitriles is 1. The molecule has 0 saturated heterocycles. The fourth-order valence-corrected chi connectivity index (χ4v) is 4.41. The number of amides is 1. The number of carbonyl (C=O) groups excluding carboxylic acids is 1. The van der Waals surface area contributed by atoms with Gasteiger partial charge >= 0.3 is 5.97 Å². The van der Waals surface area contributed by atoms with Crippen LogP contribution in [0.15, 0.2) is 60.7 Å². The Balaban J connectivity index is 1.84. The SMILES string of the molecule is Cc1cc(OC(CC(C)C)c2ccc(C(=O)NCCC(=O)O)cc2)cc(C#N)c1-c1ccc(C(C)C)cc1. The van der Waals surface area contributed by atoms with E-state index in [-0.39, 0.29) is 25.0 Å². The quantitative estimate of drug-likeness (QED) is 0.287. The maximum absolute atomic E-state index is 12.3. The second kappa shape index (κ2) is 12.9. The molecule has 3 rings (SSSR count). The van der Waals surface area contributed by atoms with E-state index >= 15 is 0 Å². The molecule has 0 aliphatic carbocycles. The first-order chi connectivity index (χ1) is 18.1. The minimum Gasteiger partial charge on any atom is -0.486 e. The summed E-state index contributed by atoms with van der Waals surface area (Å²) in [7, 11) is 0. The van der Waals surface area contributed by atoms with Gasteiger partial charge in [-0.25, -0.2) is 0 Å². The second-order valence-corrected chi connectivity index (χ2v) is 10.3. The Morgan fingerprint density at radius 1 is 0.974 bits per heavy atom. The lowest BCUT2D eigenvalue weighted by Gasteiger charge is -2.23. The molecular weight excluding hydrogens is 476 g/mol. The molecule has 0 bridgehead atoms. The number of carboxylic acids is 1. The molecule has 0 radical (unpaired) electrons. The topological polar surface area (TPSA) is 99.4 Å². The first kappa shape index (κ1) is 28.5. The molecule has 2 N–H and O–H groups in total. The van der Waals surface area contributed by atoms with Crippen LogP contribution in [0, 0.1) is 24.2 Å². The monoisotopic (exact) mass is 512 g/mol. The molecule has 0 heterocycles. The average Bonchev–Trinajstić information content (AvgIpc) is 2.87. The Bertz CT molecular complexity index is 1300. The van der Waals surface area contributed by atoms with Gasteiger partial charge in [-0.1, -0.05) is 64.1 Å². The van der Waals surface area contributed by atoms with Gasteiger partial charge < -0.3 is 15.2 Å². The van der Waals surface area contributed by atoms with E-state index in [0.717, 1.165) is 28.7 Å². The number of rotatable bonds is 11. The number of carbonyl (C=O) groups is 2. The summed E-state index contributed by atoms with van der Waals surface area (Å²) in [5.41, 5.74) is 6.08. The Labute approximate surface area is 225 Å². The van der Waals surface area contributed by atoms with Crippen molar-refractivity contribution in [3.8, 4) is 22.9 Å². The van der Waals surface area contributed by atoms with E-state index in [9.17, 15) is 14.9 Å². The summed E-state index contributed by atoms with van der Waals surface area (Å²) in [4.78, 5) is 23.0. The maximum atomic E-state index is 12.3. The largest absolute Gasteiger partial charge is 0.486 e. The first-order valence-electron chi connectivity index (χ1n) is 13.0. The van der Waals surface area contributed by atoms with E-state index in [4.69, 9.17) is 9.84 Å². The fraction of sp³-hybridized carbons (Fsp3) is 0.344. The third-order valence-corrected chi connectivity index (χ3v) is 6.43. The van der Waals surface area contributed by atoms with Crippen molar-refractivity contribution in [2.24, 2.45) is 5.92 Å². The predicted molar refractivity (Wildman–Crippen MR) is 149 cm³/mol. The maximum Gasteiger partial charge on any atom is 0.305 e. The van der Waals surface area contributed by atoms with Crippen LogP contribution in [0.25, 0.3) is 11.1 Å². The van der Waals surface area contributed by atoms with E-state index in [0.29, 0.717) is 28.7 Å². The van der Waals surface area contributed by atoms with Gasteiger partial charge in [0.05, 0.1) is 18.1 Å². The van der Waals surface area contributed by atoms with Crippen molar-refractivity contribution in [1.29, 1.82) is 5.26 Å². The van der Waals surface area contributed by atoms with Gasteiger partial charge in [0.1, 0.15) is 11.9 Å². The van der Waals surface area contributed by atoms with E-state index in [1.54, 1.807) is 18.2 Å². The first-order valence-corrected chi connectivity index (χ1v) is 13.0. The van der Waals surface area contributed by atoms with Crippen molar-refractivity contribution in [1.82, 2.24) is 5.32 Å². The summed E-state index contributed by atoms with van der Waals surface area (Å²) in [5, 5.41) is 21.3. The minimum absolute atomic E-state index is 0.0768. The summed E-state index contributed by atoms with van der Waals surface area (Å²) in [5.74, 6) is 0.151. The molecule has 1 amide bonds. The summed E-state index contributed by atoms with van der Waals surface area (Å²) >= 11 is 0. The number of hydrogen-bond donors (Lipinski definition) is 2. The number of ether oxygens (including phenoxy) is 1. The van der Waals surface area contributed by atoms with Crippen LogP contribution in [0.5, 0.6) is 5.75 Å². The molecule has 0 aliphatic rings. The van der Waals surface area contributed by atoms with Gasteiger partial charge in [-0.2, -0.15) is 5.26 Å².